The third-order valence-electron chi connectivity index (χ3n) is 6.65. The first-order chi connectivity index (χ1) is 15.4. The van der Waals surface area contributed by atoms with Crippen molar-refractivity contribution >= 4 is 23.3 Å². The molecule has 0 radical (unpaired) electrons. The average Bonchev–Trinajstić information content (AvgIpc) is 3.06. The molecule has 0 saturated heterocycles. The smallest absolute Gasteiger partial charge is 0.290 e. The lowest BCUT2D eigenvalue weighted by atomic mass is 9.74. The van der Waals surface area contributed by atoms with Crippen LogP contribution in [-0.4, -0.2) is 67.7 Å². The van der Waals surface area contributed by atoms with Gasteiger partial charge in [0.15, 0.2) is 23.0 Å². The Morgan fingerprint density at radius 2 is 1.78 bits per heavy atom. The molecule has 0 aromatic heterocycles. The maximum absolute atomic E-state index is 13.7. The number of hydrogen-bond donors (Lipinski definition) is 1. The number of aliphatic hydroxyl groups is 1. The van der Waals surface area contributed by atoms with Gasteiger partial charge < -0.3 is 29.0 Å². The normalized spacial score (nSPS) is 29.4. The molecule has 1 aliphatic carbocycles. The number of amides is 1. The SMILES string of the molecule is COc1cc(C2C3=C(OC4CC(C)C(Cl)CC4C3=O)C(=O)N2CCO)cc(OC)c1OC. The molecule has 0 bridgehead atoms. The first kappa shape index (κ1) is 22.7. The van der Waals surface area contributed by atoms with Crippen molar-refractivity contribution in [3.8, 4) is 17.2 Å². The summed E-state index contributed by atoms with van der Waals surface area (Å²) in [7, 11) is 4.50. The number of carbonyl (C=O) groups is 2. The van der Waals surface area contributed by atoms with Gasteiger partial charge in [0, 0.05) is 11.9 Å². The number of alkyl halides is 1. The Morgan fingerprint density at radius 3 is 2.34 bits per heavy atom. The van der Waals surface area contributed by atoms with E-state index in [-0.39, 0.29) is 42.1 Å². The molecule has 174 valence electrons. The monoisotopic (exact) mass is 465 g/mol. The van der Waals surface area contributed by atoms with E-state index in [2.05, 4.69) is 0 Å². The van der Waals surface area contributed by atoms with E-state index in [4.69, 9.17) is 30.5 Å². The Hall–Kier alpha value is -2.45. The zero-order valence-electron chi connectivity index (χ0n) is 18.6. The van der Waals surface area contributed by atoms with E-state index in [1.54, 1.807) is 12.1 Å². The molecule has 2 aliphatic heterocycles. The van der Waals surface area contributed by atoms with Crippen LogP contribution in [0.4, 0.5) is 0 Å². The minimum absolute atomic E-state index is 0.0493. The minimum atomic E-state index is -0.736. The van der Waals surface area contributed by atoms with Crippen LogP contribution in [0.15, 0.2) is 23.5 Å². The average molecular weight is 466 g/mol. The quantitative estimate of drug-likeness (QED) is 0.645. The van der Waals surface area contributed by atoms with E-state index in [1.165, 1.54) is 26.2 Å². The number of aliphatic hydroxyl groups excluding tert-OH is 1. The topological polar surface area (TPSA) is 94.5 Å². The Labute approximate surface area is 192 Å². The van der Waals surface area contributed by atoms with Crippen molar-refractivity contribution < 1.29 is 33.6 Å². The van der Waals surface area contributed by atoms with E-state index in [0.717, 1.165) is 0 Å². The fourth-order valence-electron chi connectivity index (χ4n) is 5.01. The van der Waals surface area contributed by atoms with Crippen molar-refractivity contribution in [2.24, 2.45) is 11.8 Å². The first-order valence-corrected chi connectivity index (χ1v) is 11.1. The van der Waals surface area contributed by atoms with E-state index in [9.17, 15) is 14.7 Å². The van der Waals surface area contributed by atoms with Gasteiger partial charge in [-0.1, -0.05) is 6.92 Å². The summed E-state index contributed by atoms with van der Waals surface area (Å²) in [5, 5.41) is 9.51. The van der Waals surface area contributed by atoms with Crippen LogP contribution in [0.5, 0.6) is 17.2 Å². The summed E-state index contributed by atoms with van der Waals surface area (Å²) in [4.78, 5) is 28.4. The predicted octanol–water partition coefficient (Wildman–Crippen LogP) is 2.46. The summed E-state index contributed by atoms with van der Waals surface area (Å²) in [6.45, 7) is 1.82. The van der Waals surface area contributed by atoms with Gasteiger partial charge in [-0.05, 0) is 36.5 Å². The number of methoxy groups -OCH3 is 3. The molecule has 32 heavy (non-hydrogen) atoms. The van der Waals surface area contributed by atoms with Gasteiger partial charge in [-0.2, -0.15) is 0 Å². The number of benzene rings is 1. The van der Waals surface area contributed by atoms with Crippen LogP contribution in [0.2, 0.25) is 0 Å². The second-order valence-corrected chi connectivity index (χ2v) is 8.98. The molecule has 8 nitrogen and oxygen atoms in total. The highest BCUT2D eigenvalue weighted by Crippen LogP contribution is 2.50. The Bertz CT molecular complexity index is 937. The molecule has 2 heterocycles. The molecule has 1 aromatic carbocycles. The molecule has 3 aliphatic rings. The minimum Gasteiger partial charge on any atom is -0.493 e. The largest absolute Gasteiger partial charge is 0.493 e. The molecule has 9 heteroatoms. The second-order valence-electron chi connectivity index (χ2n) is 8.42. The first-order valence-electron chi connectivity index (χ1n) is 10.7. The van der Waals surface area contributed by atoms with Crippen molar-refractivity contribution in [1.29, 1.82) is 0 Å². The van der Waals surface area contributed by atoms with Gasteiger partial charge in [0.05, 0.1) is 45.5 Å². The van der Waals surface area contributed by atoms with Crippen LogP contribution in [-0.2, 0) is 14.3 Å². The molecule has 1 fully saturated rings. The Morgan fingerprint density at radius 1 is 1.12 bits per heavy atom. The molecule has 1 amide bonds. The van der Waals surface area contributed by atoms with Crippen molar-refractivity contribution in [3.63, 3.8) is 0 Å². The third-order valence-corrected chi connectivity index (χ3v) is 7.26. The maximum atomic E-state index is 13.7. The van der Waals surface area contributed by atoms with E-state index < -0.39 is 17.9 Å². The number of ketones is 1. The number of halogens is 1. The number of ether oxygens (including phenoxy) is 4. The highest BCUT2D eigenvalue weighted by molar-refractivity contribution is 6.21. The maximum Gasteiger partial charge on any atom is 0.290 e. The van der Waals surface area contributed by atoms with Gasteiger partial charge >= 0.3 is 0 Å². The summed E-state index contributed by atoms with van der Waals surface area (Å²) in [5.41, 5.74) is 0.908. The number of fused-ring (bicyclic) bond motifs is 1. The highest BCUT2D eigenvalue weighted by Gasteiger charge is 2.53. The van der Waals surface area contributed by atoms with Crippen molar-refractivity contribution in [1.82, 2.24) is 4.90 Å². The van der Waals surface area contributed by atoms with Gasteiger partial charge in [0.1, 0.15) is 6.10 Å². The predicted molar refractivity (Wildman–Crippen MR) is 116 cm³/mol. The molecule has 4 rings (SSSR count). The van der Waals surface area contributed by atoms with Crippen LogP contribution >= 0.6 is 11.6 Å². The summed E-state index contributed by atoms with van der Waals surface area (Å²) >= 11 is 6.49. The van der Waals surface area contributed by atoms with Crippen LogP contribution < -0.4 is 14.2 Å². The number of carbonyl (C=O) groups excluding carboxylic acids is 2. The Kier molecular flexibility index (Phi) is 6.27. The molecule has 1 aromatic rings. The molecule has 1 saturated carbocycles. The van der Waals surface area contributed by atoms with Crippen LogP contribution in [0.3, 0.4) is 0 Å². The number of Topliss-reactive ketones (excluding diaryl/α,β-unsaturated/α-hetero) is 1. The van der Waals surface area contributed by atoms with E-state index in [0.29, 0.717) is 41.2 Å². The second kappa shape index (κ2) is 8.83. The van der Waals surface area contributed by atoms with Gasteiger partial charge in [-0.3, -0.25) is 9.59 Å². The number of nitrogens with zero attached hydrogens (tertiary/aromatic N) is 1. The lowest BCUT2D eigenvalue weighted by Gasteiger charge is -2.40. The van der Waals surface area contributed by atoms with Crippen LogP contribution in [0.1, 0.15) is 31.4 Å². The van der Waals surface area contributed by atoms with Gasteiger partial charge in [-0.25, -0.2) is 0 Å². The number of hydrogen-bond acceptors (Lipinski definition) is 7. The standard InChI is InChI=1S/C23H28ClNO7/c1-11-7-15-13(10-14(11)24)20(27)18-19(25(5-6-26)23(28)22(18)32-15)12-8-16(29-2)21(31-4)17(9-12)30-3/h8-9,11,13-15,19,26H,5-7,10H2,1-4H3. The summed E-state index contributed by atoms with van der Waals surface area (Å²) in [6.07, 6.45) is 0.743. The Balaban J connectivity index is 1.84. The zero-order chi connectivity index (χ0) is 23.2. The van der Waals surface area contributed by atoms with Crippen molar-refractivity contribution in [3.05, 3.63) is 29.0 Å². The molecule has 0 spiro atoms. The van der Waals surface area contributed by atoms with Crippen molar-refractivity contribution in [2.75, 3.05) is 34.5 Å². The molecular weight excluding hydrogens is 438 g/mol. The molecule has 5 atom stereocenters. The van der Waals surface area contributed by atoms with E-state index in [1.807, 2.05) is 6.92 Å². The van der Waals surface area contributed by atoms with Crippen molar-refractivity contribution in [2.45, 2.75) is 37.3 Å². The summed E-state index contributed by atoms with van der Waals surface area (Å²) < 4.78 is 22.5. The van der Waals surface area contributed by atoms with Crippen LogP contribution in [0, 0.1) is 11.8 Å². The lowest BCUT2D eigenvalue weighted by Crippen LogP contribution is -2.44. The fourth-order valence-corrected chi connectivity index (χ4v) is 5.30. The third kappa shape index (κ3) is 3.49. The molecule has 1 N–H and O–H groups in total. The fraction of sp³-hybridized carbons (Fsp3) is 0.565. The number of rotatable bonds is 6. The highest BCUT2D eigenvalue weighted by atomic mass is 35.5. The lowest BCUT2D eigenvalue weighted by molar-refractivity contribution is -0.136. The van der Waals surface area contributed by atoms with Gasteiger partial charge in [-0.15, -0.1) is 11.6 Å². The number of β-amino-alcohol motifs (C(OH)–C–C–N with tert-alkyl or cyclic N) is 1. The van der Waals surface area contributed by atoms with E-state index >= 15 is 0 Å². The molecule has 5 unspecified atom stereocenters. The van der Waals surface area contributed by atoms with Gasteiger partial charge in [0.2, 0.25) is 5.75 Å². The molecular formula is C23H28ClNO7. The van der Waals surface area contributed by atoms with Gasteiger partial charge in [0.25, 0.3) is 5.91 Å². The summed E-state index contributed by atoms with van der Waals surface area (Å²) in [6, 6.07) is 2.69. The van der Waals surface area contributed by atoms with Crippen LogP contribution in [0.25, 0.3) is 0 Å². The summed E-state index contributed by atoms with van der Waals surface area (Å²) in [5.74, 6) is 0.541. The zero-order valence-corrected chi connectivity index (χ0v) is 19.3.